The van der Waals surface area contributed by atoms with Crippen LogP contribution in [0.3, 0.4) is 0 Å². The largest absolute Gasteiger partial charge is 0.249 e. The summed E-state index contributed by atoms with van der Waals surface area (Å²) in [7, 11) is 0. The number of benzene rings is 3. The summed E-state index contributed by atoms with van der Waals surface area (Å²) in [6, 6.07) is 27.1. The SMILES string of the molecule is CC(C)c1nc2ccccc2nc1-c1cccc(-c2ccccc2)c1. The Kier molecular flexibility index (Phi) is 4.02. The van der Waals surface area contributed by atoms with E-state index in [-0.39, 0.29) is 0 Å². The number of hydrogen-bond acceptors (Lipinski definition) is 2. The molecule has 122 valence electrons. The van der Waals surface area contributed by atoms with Gasteiger partial charge in [-0.1, -0.05) is 74.5 Å². The van der Waals surface area contributed by atoms with Gasteiger partial charge in [-0.15, -0.1) is 0 Å². The molecule has 4 rings (SSSR count). The molecular formula is C23H20N2. The molecule has 0 fully saturated rings. The summed E-state index contributed by atoms with van der Waals surface area (Å²) in [5.41, 5.74) is 7.44. The number of fused-ring (bicyclic) bond motifs is 1. The Bertz CT molecular complexity index is 1020. The average molecular weight is 324 g/mol. The second-order valence-corrected chi connectivity index (χ2v) is 6.55. The lowest BCUT2D eigenvalue weighted by molar-refractivity contribution is 0.825. The Morgan fingerprint density at radius 3 is 1.92 bits per heavy atom. The molecule has 0 unspecified atom stereocenters. The molecule has 4 aromatic rings. The maximum absolute atomic E-state index is 4.94. The first-order valence-corrected chi connectivity index (χ1v) is 8.65. The first-order chi connectivity index (χ1) is 12.2. The molecule has 25 heavy (non-hydrogen) atoms. The van der Waals surface area contributed by atoms with E-state index in [4.69, 9.17) is 9.97 Å². The molecule has 2 heteroatoms. The van der Waals surface area contributed by atoms with Gasteiger partial charge in [0.1, 0.15) is 0 Å². The van der Waals surface area contributed by atoms with Crippen molar-refractivity contribution in [2.45, 2.75) is 19.8 Å². The molecular weight excluding hydrogens is 304 g/mol. The zero-order valence-electron chi connectivity index (χ0n) is 14.5. The first-order valence-electron chi connectivity index (χ1n) is 8.65. The van der Waals surface area contributed by atoms with Gasteiger partial charge in [-0.05, 0) is 35.2 Å². The van der Waals surface area contributed by atoms with E-state index in [2.05, 4.69) is 62.4 Å². The van der Waals surface area contributed by atoms with Crippen LogP contribution in [-0.4, -0.2) is 9.97 Å². The maximum atomic E-state index is 4.94. The van der Waals surface area contributed by atoms with Crippen LogP contribution in [0.5, 0.6) is 0 Å². The Morgan fingerprint density at radius 1 is 0.600 bits per heavy atom. The second kappa shape index (κ2) is 6.48. The predicted molar refractivity (Wildman–Crippen MR) is 104 cm³/mol. The lowest BCUT2D eigenvalue weighted by Gasteiger charge is -2.13. The summed E-state index contributed by atoms with van der Waals surface area (Å²) in [6.45, 7) is 4.34. The maximum Gasteiger partial charge on any atom is 0.0928 e. The molecule has 0 aliphatic carbocycles. The van der Waals surface area contributed by atoms with Crippen LogP contribution in [0.2, 0.25) is 0 Å². The van der Waals surface area contributed by atoms with Gasteiger partial charge >= 0.3 is 0 Å². The van der Waals surface area contributed by atoms with E-state index in [0.29, 0.717) is 5.92 Å². The van der Waals surface area contributed by atoms with Crippen molar-refractivity contribution in [2.24, 2.45) is 0 Å². The molecule has 1 aromatic heterocycles. The zero-order valence-corrected chi connectivity index (χ0v) is 14.5. The van der Waals surface area contributed by atoms with Gasteiger partial charge in [0, 0.05) is 5.56 Å². The number of para-hydroxylation sites is 2. The quantitative estimate of drug-likeness (QED) is 0.456. The summed E-state index contributed by atoms with van der Waals surface area (Å²) in [4.78, 5) is 9.83. The van der Waals surface area contributed by atoms with Crippen LogP contribution in [0.4, 0.5) is 0 Å². The topological polar surface area (TPSA) is 25.8 Å². The average Bonchev–Trinajstić information content (AvgIpc) is 2.67. The third-order valence-electron chi connectivity index (χ3n) is 4.39. The lowest BCUT2D eigenvalue weighted by Crippen LogP contribution is -2.01. The Balaban J connectivity index is 1.91. The summed E-state index contributed by atoms with van der Waals surface area (Å²) in [6.07, 6.45) is 0. The Labute approximate surface area is 148 Å². The van der Waals surface area contributed by atoms with E-state index >= 15 is 0 Å². The molecule has 0 radical (unpaired) electrons. The highest BCUT2D eigenvalue weighted by atomic mass is 14.8. The van der Waals surface area contributed by atoms with E-state index in [9.17, 15) is 0 Å². The molecule has 0 amide bonds. The van der Waals surface area contributed by atoms with E-state index in [1.54, 1.807) is 0 Å². The monoisotopic (exact) mass is 324 g/mol. The van der Waals surface area contributed by atoms with E-state index in [0.717, 1.165) is 28.0 Å². The van der Waals surface area contributed by atoms with Crippen molar-refractivity contribution in [3.8, 4) is 22.4 Å². The highest BCUT2D eigenvalue weighted by Crippen LogP contribution is 2.31. The number of nitrogens with zero attached hydrogens (tertiary/aromatic N) is 2. The van der Waals surface area contributed by atoms with Crippen molar-refractivity contribution >= 4 is 11.0 Å². The predicted octanol–water partition coefficient (Wildman–Crippen LogP) is 6.09. The Hall–Kier alpha value is -3.00. The van der Waals surface area contributed by atoms with Gasteiger partial charge in [-0.2, -0.15) is 0 Å². The van der Waals surface area contributed by atoms with Crippen molar-refractivity contribution in [3.05, 3.63) is 84.6 Å². The van der Waals surface area contributed by atoms with Crippen molar-refractivity contribution in [1.82, 2.24) is 9.97 Å². The number of rotatable bonds is 3. The van der Waals surface area contributed by atoms with Crippen LogP contribution in [0.25, 0.3) is 33.4 Å². The van der Waals surface area contributed by atoms with Crippen LogP contribution in [-0.2, 0) is 0 Å². The fourth-order valence-corrected chi connectivity index (χ4v) is 3.11. The minimum Gasteiger partial charge on any atom is -0.249 e. The molecule has 0 aliphatic rings. The minimum atomic E-state index is 0.312. The highest BCUT2D eigenvalue weighted by molar-refractivity contribution is 5.80. The van der Waals surface area contributed by atoms with Gasteiger partial charge in [0.25, 0.3) is 0 Å². The molecule has 0 N–H and O–H groups in total. The fourth-order valence-electron chi connectivity index (χ4n) is 3.11. The van der Waals surface area contributed by atoms with Gasteiger partial charge in [0.15, 0.2) is 0 Å². The normalized spacial score (nSPS) is 11.2. The molecule has 3 aromatic carbocycles. The van der Waals surface area contributed by atoms with E-state index in [1.165, 1.54) is 11.1 Å². The third kappa shape index (κ3) is 3.03. The van der Waals surface area contributed by atoms with Crippen molar-refractivity contribution < 1.29 is 0 Å². The lowest BCUT2D eigenvalue weighted by atomic mass is 9.98. The van der Waals surface area contributed by atoms with Crippen LogP contribution in [0.15, 0.2) is 78.9 Å². The van der Waals surface area contributed by atoms with Crippen LogP contribution < -0.4 is 0 Å². The fraction of sp³-hybridized carbons (Fsp3) is 0.130. The summed E-state index contributed by atoms with van der Waals surface area (Å²) in [5, 5.41) is 0. The summed E-state index contributed by atoms with van der Waals surface area (Å²) < 4.78 is 0. The highest BCUT2D eigenvalue weighted by Gasteiger charge is 2.14. The van der Waals surface area contributed by atoms with Crippen molar-refractivity contribution in [1.29, 1.82) is 0 Å². The second-order valence-electron chi connectivity index (χ2n) is 6.55. The van der Waals surface area contributed by atoms with Crippen molar-refractivity contribution in [3.63, 3.8) is 0 Å². The molecule has 0 bridgehead atoms. The Morgan fingerprint density at radius 2 is 1.20 bits per heavy atom. The number of hydrogen-bond donors (Lipinski definition) is 0. The van der Waals surface area contributed by atoms with E-state index in [1.807, 2.05) is 30.3 Å². The van der Waals surface area contributed by atoms with E-state index < -0.39 is 0 Å². The van der Waals surface area contributed by atoms with Gasteiger partial charge in [-0.25, -0.2) is 9.97 Å². The third-order valence-corrected chi connectivity index (χ3v) is 4.39. The molecule has 0 spiro atoms. The van der Waals surface area contributed by atoms with Gasteiger partial charge in [0.05, 0.1) is 22.4 Å². The number of aromatic nitrogens is 2. The standard InChI is InChI=1S/C23H20N2/c1-16(2)22-23(25-21-14-7-6-13-20(21)24-22)19-12-8-11-18(15-19)17-9-4-3-5-10-17/h3-16H,1-2H3. The van der Waals surface area contributed by atoms with Gasteiger partial charge < -0.3 is 0 Å². The molecule has 2 nitrogen and oxygen atoms in total. The molecule has 1 heterocycles. The molecule has 0 saturated carbocycles. The van der Waals surface area contributed by atoms with Crippen LogP contribution >= 0.6 is 0 Å². The van der Waals surface area contributed by atoms with Gasteiger partial charge in [0.2, 0.25) is 0 Å². The minimum absolute atomic E-state index is 0.312. The first kappa shape index (κ1) is 15.5. The summed E-state index contributed by atoms with van der Waals surface area (Å²) in [5.74, 6) is 0.312. The molecule has 0 atom stereocenters. The zero-order chi connectivity index (χ0) is 17.2. The molecule has 0 saturated heterocycles. The molecule has 0 aliphatic heterocycles. The van der Waals surface area contributed by atoms with Crippen LogP contribution in [0, 0.1) is 0 Å². The van der Waals surface area contributed by atoms with Crippen molar-refractivity contribution in [2.75, 3.05) is 0 Å². The van der Waals surface area contributed by atoms with Crippen LogP contribution in [0.1, 0.15) is 25.5 Å². The van der Waals surface area contributed by atoms with Gasteiger partial charge in [-0.3, -0.25) is 0 Å². The summed E-state index contributed by atoms with van der Waals surface area (Å²) >= 11 is 0. The smallest absolute Gasteiger partial charge is 0.0928 e.